The fourth-order valence-corrected chi connectivity index (χ4v) is 1.88. The zero-order valence-corrected chi connectivity index (χ0v) is 8.03. The monoisotopic (exact) mass is 194 g/mol. The zero-order chi connectivity index (χ0) is 9.97. The van der Waals surface area contributed by atoms with Crippen LogP contribution in [0.4, 0.5) is 0 Å². The topological polar surface area (TPSA) is 49.4 Å². The molecule has 0 radical (unpaired) electrons. The van der Waals surface area contributed by atoms with E-state index in [0.717, 1.165) is 13.0 Å². The lowest BCUT2D eigenvalue weighted by atomic mass is 10.1. The second-order valence-corrected chi connectivity index (χ2v) is 3.75. The molecule has 4 heteroatoms. The molecule has 0 spiro atoms. The van der Waals surface area contributed by atoms with Crippen molar-refractivity contribution in [2.24, 2.45) is 5.92 Å². The Morgan fingerprint density at radius 1 is 1.50 bits per heavy atom. The number of rotatable bonds is 1. The van der Waals surface area contributed by atoms with Gasteiger partial charge in [-0.2, -0.15) is 0 Å². The molecule has 0 saturated carbocycles. The minimum absolute atomic E-state index is 0.00379. The summed E-state index contributed by atoms with van der Waals surface area (Å²) in [5.41, 5.74) is 0. The largest absolute Gasteiger partial charge is 0.355 e. The highest BCUT2D eigenvalue weighted by Crippen LogP contribution is 2.14. The molecule has 0 bridgehead atoms. The average Bonchev–Trinajstić information content (AvgIpc) is 2.65. The van der Waals surface area contributed by atoms with Gasteiger partial charge in [0.25, 0.3) is 0 Å². The lowest BCUT2D eigenvalue weighted by molar-refractivity contribution is -0.135. The Labute approximate surface area is 83.0 Å². The van der Waals surface area contributed by atoms with Crippen molar-refractivity contribution >= 4 is 11.8 Å². The van der Waals surface area contributed by atoms with Crippen molar-refractivity contribution in [3.8, 4) is 0 Å². The van der Waals surface area contributed by atoms with Gasteiger partial charge in [0, 0.05) is 26.1 Å². The molecule has 2 aliphatic heterocycles. The maximum absolute atomic E-state index is 11.8. The summed E-state index contributed by atoms with van der Waals surface area (Å²) in [6.07, 6.45) is 5.38. The molecule has 2 heterocycles. The van der Waals surface area contributed by atoms with Crippen molar-refractivity contribution in [2.45, 2.75) is 12.8 Å². The lowest BCUT2D eigenvalue weighted by Gasteiger charge is -2.25. The van der Waals surface area contributed by atoms with Crippen molar-refractivity contribution in [3.63, 3.8) is 0 Å². The standard InChI is InChI=1S/C10H14N2O2/c13-9-6-8(7-11-9)10(14)12-4-2-1-3-5-12/h1-2,8H,3-7H2,(H,11,13). The number of nitrogens with zero attached hydrogens (tertiary/aromatic N) is 1. The van der Waals surface area contributed by atoms with Gasteiger partial charge in [-0.25, -0.2) is 0 Å². The summed E-state index contributed by atoms with van der Waals surface area (Å²) < 4.78 is 0. The fraction of sp³-hybridized carbons (Fsp3) is 0.600. The Hall–Kier alpha value is -1.32. The maximum atomic E-state index is 11.8. The predicted octanol–water partition coefficient (Wildman–Crippen LogP) is -0.0890. The second-order valence-electron chi connectivity index (χ2n) is 3.75. The molecule has 1 saturated heterocycles. The van der Waals surface area contributed by atoms with Crippen molar-refractivity contribution in [1.29, 1.82) is 0 Å². The summed E-state index contributed by atoms with van der Waals surface area (Å²) in [6, 6.07) is 0. The number of hydrogen-bond acceptors (Lipinski definition) is 2. The summed E-state index contributed by atoms with van der Waals surface area (Å²) in [4.78, 5) is 24.6. The molecule has 0 aromatic heterocycles. The van der Waals surface area contributed by atoms with Gasteiger partial charge in [0.1, 0.15) is 0 Å². The van der Waals surface area contributed by atoms with Gasteiger partial charge < -0.3 is 10.2 Å². The molecule has 2 amide bonds. The van der Waals surface area contributed by atoms with Crippen LogP contribution in [0.1, 0.15) is 12.8 Å². The third-order valence-electron chi connectivity index (χ3n) is 2.70. The van der Waals surface area contributed by atoms with E-state index < -0.39 is 0 Å². The molecule has 2 aliphatic rings. The number of nitrogens with one attached hydrogen (secondary N) is 1. The highest BCUT2D eigenvalue weighted by atomic mass is 16.2. The molecule has 0 aromatic carbocycles. The second kappa shape index (κ2) is 3.82. The van der Waals surface area contributed by atoms with E-state index in [1.54, 1.807) is 0 Å². The molecule has 1 unspecified atom stereocenters. The van der Waals surface area contributed by atoms with Crippen LogP contribution in [0.3, 0.4) is 0 Å². The van der Waals surface area contributed by atoms with Gasteiger partial charge >= 0.3 is 0 Å². The average molecular weight is 194 g/mol. The van der Waals surface area contributed by atoms with Gasteiger partial charge in [0.2, 0.25) is 11.8 Å². The smallest absolute Gasteiger partial charge is 0.228 e. The highest BCUT2D eigenvalue weighted by molar-refractivity contribution is 5.89. The van der Waals surface area contributed by atoms with E-state index in [-0.39, 0.29) is 17.7 Å². The third-order valence-corrected chi connectivity index (χ3v) is 2.70. The van der Waals surface area contributed by atoms with Crippen LogP contribution >= 0.6 is 0 Å². The summed E-state index contributed by atoms with van der Waals surface area (Å²) in [5.74, 6) is -0.0161. The SMILES string of the molecule is O=C1CC(C(=O)N2CC=CCC2)CN1. The van der Waals surface area contributed by atoms with Crippen LogP contribution < -0.4 is 5.32 Å². The normalized spacial score (nSPS) is 26.4. The molecular formula is C10H14N2O2. The molecule has 76 valence electrons. The number of carbonyl (C=O) groups is 2. The maximum Gasteiger partial charge on any atom is 0.228 e. The minimum Gasteiger partial charge on any atom is -0.355 e. The van der Waals surface area contributed by atoms with E-state index in [1.807, 2.05) is 11.0 Å². The van der Waals surface area contributed by atoms with E-state index in [1.165, 1.54) is 0 Å². The summed E-state index contributed by atoms with van der Waals surface area (Å²) in [7, 11) is 0. The van der Waals surface area contributed by atoms with E-state index in [2.05, 4.69) is 11.4 Å². The molecule has 0 aromatic rings. The van der Waals surface area contributed by atoms with Crippen LogP contribution in [0.2, 0.25) is 0 Å². The first-order valence-corrected chi connectivity index (χ1v) is 4.98. The summed E-state index contributed by atoms with van der Waals surface area (Å²) >= 11 is 0. The molecule has 2 rings (SSSR count). The van der Waals surface area contributed by atoms with Gasteiger partial charge in [0.05, 0.1) is 5.92 Å². The Morgan fingerprint density at radius 2 is 2.36 bits per heavy atom. The molecular weight excluding hydrogens is 180 g/mol. The first-order chi connectivity index (χ1) is 6.77. The molecule has 1 fully saturated rings. The number of carbonyl (C=O) groups excluding carboxylic acids is 2. The van der Waals surface area contributed by atoms with Crippen LogP contribution in [0, 0.1) is 5.92 Å². The molecule has 0 aliphatic carbocycles. The van der Waals surface area contributed by atoms with Crippen molar-refractivity contribution < 1.29 is 9.59 Å². The van der Waals surface area contributed by atoms with E-state index in [4.69, 9.17) is 0 Å². The molecule has 1 N–H and O–H groups in total. The Morgan fingerprint density at radius 3 is 2.93 bits per heavy atom. The zero-order valence-electron chi connectivity index (χ0n) is 8.03. The summed E-state index contributed by atoms with van der Waals surface area (Å²) in [5, 5.41) is 2.69. The molecule has 1 atom stereocenters. The van der Waals surface area contributed by atoms with Crippen molar-refractivity contribution in [1.82, 2.24) is 10.2 Å². The van der Waals surface area contributed by atoms with Crippen LogP contribution in [0.5, 0.6) is 0 Å². The van der Waals surface area contributed by atoms with Crippen LogP contribution in [-0.4, -0.2) is 36.3 Å². The lowest BCUT2D eigenvalue weighted by Crippen LogP contribution is -2.38. The van der Waals surface area contributed by atoms with Gasteiger partial charge in [-0.05, 0) is 6.42 Å². The van der Waals surface area contributed by atoms with Crippen molar-refractivity contribution in [2.75, 3.05) is 19.6 Å². The van der Waals surface area contributed by atoms with E-state index in [9.17, 15) is 9.59 Å². The first kappa shape index (κ1) is 9.24. The van der Waals surface area contributed by atoms with Gasteiger partial charge in [-0.15, -0.1) is 0 Å². The highest BCUT2D eigenvalue weighted by Gasteiger charge is 2.30. The third kappa shape index (κ3) is 1.78. The summed E-state index contributed by atoms with van der Waals surface area (Å²) in [6.45, 7) is 2.00. The molecule has 4 nitrogen and oxygen atoms in total. The van der Waals surface area contributed by atoms with Gasteiger partial charge in [-0.1, -0.05) is 12.2 Å². The Balaban J connectivity index is 1.94. The quantitative estimate of drug-likeness (QED) is 0.593. The molecule has 14 heavy (non-hydrogen) atoms. The Kier molecular flexibility index (Phi) is 2.52. The van der Waals surface area contributed by atoms with Gasteiger partial charge in [0.15, 0.2) is 0 Å². The van der Waals surface area contributed by atoms with E-state index >= 15 is 0 Å². The predicted molar refractivity (Wildman–Crippen MR) is 51.5 cm³/mol. The van der Waals surface area contributed by atoms with Crippen LogP contribution in [0.25, 0.3) is 0 Å². The Bertz CT molecular complexity index is 280. The van der Waals surface area contributed by atoms with Crippen molar-refractivity contribution in [3.05, 3.63) is 12.2 Å². The van der Waals surface area contributed by atoms with Crippen LogP contribution in [-0.2, 0) is 9.59 Å². The first-order valence-electron chi connectivity index (χ1n) is 4.98. The minimum atomic E-state index is -0.131. The number of amides is 2. The van der Waals surface area contributed by atoms with Gasteiger partial charge in [-0.3, -0.25) is 9.59 Å². The van der Waals surface area contributed by atoms with Crippen LogP contribution in [0.15, 0.2) is 12.2 Å². The number of hydrogen-bond donors (Lipinski definition) is 1. The van der Waals surface area contributed by atoms with E-state index in [0.29, 0.717) is 19.5 Å². The fourth-order valence-electron chi connectivity index (χ4n) is 1.88.